The molecule has 0 aliphatic carbocycles. The highest BCUT2D eigenvalue weighted by Gasteiger charge is 2.35. The van der Waals surface area contributed by atoms with Crippen molar-refractivity contribution in [3.05, 3.63) is 0 Å². The molecule has 0 aromatic rings. The number of alkyl halides is 1. The summed E-state index contributed by atoms with van der Waals surface area (Å²) in [6.45, 7) is 1.44. The second-order valence-corrected chi connectivity index (χ2v) is 3.72. The molecule has 2 N–H and O–H groups in total. The van der Waals surface area contributed by atoms with Crippen molar-refractivity contribution < 1.29 is 19.2 Å². The van der Waals surface area contributed by atoms with Crippen LogP contribution >= 0.6 is 11.6 Å². The molecule has 0 radical (unpaired) electrons. The van der Waals surface area contributed by atoms with Crippen LogP contribution in [-0.4, -0.2) is 47.1 Å². The molecule has 0 spiro atoms. The molecule has 1 rings (SSSR count). The normalized spacial score (nSPS) is 19.9. The summed E-state index contributed by atoms with van der Waals surface area (Å²) in [4.78, 5) is 46.2. The van der Waals surface area contributed by atoms with E-state index in [2.05, 4.69) is 5.32 Å². The Morgan fingerprint density at radius 2 is 2.18 bits per heavy atom. The van der Waals surface area contributed by atoms with E-state index in [0.717, 1.165) is 4.90 Å². The van der Waals surface area contributed by atoms with Gasteiger partial charge >= 0.3 is 6.03 Å². The largest absolute Gasteiger partial charge is 0.325 e. The van der Waals surface area contributed by atoms with E-state index in [1.807, 2.05) is 5.32 Å². The lowest BCUT2D eigenvalue weighted by molar-refractivity contribution is -0.138. The van der Waals surface area contributed by atoms with E-state index in [1.165, 1.54) is 0 Å². The van der Waals surface area contributed by atoms with Gasteiger partial charge in [-0.25, -0.2) is 4.79 Å². The van der Waals surface area contributed by atoms with Crippen molar-refractivity contribution in [2.45, 2.75) is 19.4 Å². The summed E-state index contributed by atoms with van der Waals surface area (Å²) in [6, 6.07) is -1.54. The third-order valence-electron chi connectivity index (χ3n) is 2.27. The van der Waals surface area contributed by atoms with E-state index in [9.17, 15) is 19.2 Å². The molecule has 5 amide bonds. The second kappa shape index (κ2) is 5.62. The minimum absolute atomic E-state index is 0.258. The van der Waals surface area contributed by atoms with E-state index in [4.69, 9.17) is 11.6 Å². The first-order valence-electron chi connectivity index (χ1n) is 4.99. The quantitative estimate of drug-likeness (QED) is 0.502. The summed E-state index contributed by atoms with van der Waals surface area (Å²) in [6.07, 6.45) is 0.349. The van der Waals surface area contributed by atoms with Gasteiger partial charge in [0, 0.05) is 0 Å². The van der Waals surface area contributed by atoms with Crippen LogP contribution in [0, 0.1) is 0 Å². The van der Waals surface area contributed by atoms with E-state index in [1.54, 1.807) is 6.92 Å². The Balaban J connectivity index is 2.77. The molecule has 1 heterocycles. The molecule has 0 aromatic heterocycles. The zero-order chi connectivity index (χ0) is 13.0. The Bertz CT molecular complexity index is 371. The van der Waals surface area contributed by atoms with Gasteiger partial charge in [-0.3, -0.25) is 25.0 Å². The number of carbonyl (C=O) groups excluding carboxylic acids is 4. The highest BCUT2D eigenvalue weighted by atomic mass is 35.5. The lowest BCUT2D eigenvalue weighted by Crippen LogP contribution is -2.62. The van der Waals surface area contributed by atoms with Crippen molar-refractivity contribution in [2.24, 2.45) is 0 Å². The Kier molecular flexibility index (Phi) is 4.45. The fourth-order valence-corrected chi connectivity index (χ4v) is 1.58. The smallest absolute Gasteiger partial charge is 0.303 e. The van der Waals surface area contributed by atoms with E-state index < -0.39 is 29.8 Å². The van der Waals surface area contributed by atoms with Crippen LogP contribution in [0.4, 0.5) is 4.79 Å². The van der Waals surface area contributed by atoms with Crippen LogP contribution in [0.15, 0.2) is 0 Å². The number of nitrogens with zero attached hydrogens (tertiary/aromatic N) is 1. The third kappa shape index (κ3) is 3.16. The van der Waals surface area contributed by atoms with Crippen molar-refractivity contribution in [2.75, 3.05) is 12.4 Å². The van der Waals surface area contributed by atoms with Crippen molar-refractivity contribution in [3.8, 4) is 0 Å². The molecule has 0 bridgehead atoms. The van der Waals surface area contributed by atoms with Gasteiger partial charge in [-0.15, -0.1) is 11.6 Å². The van der Waals surface area contributed by atoms with Crippen LogP contribution in [0.5, 0.6) is 0 Å². The Hall–Kier alpha value is -1.63. The van der Waals surface area contributed by atoms with Crippen LogP contribution in [-0.2, 0) is 14.4 Å². The average Bonchev–Trinajstić information content (AvgIpc) is 2.27. The minimum atomic E-state index is -0.786. The number of rotatable bonds is 2. The first kappa shape index (κ1) is 13.4. The van der Waals surface area contributed by atoms with Gasteiger partial charge in [-0.1, -0.05) is 6.92 Å². The fourth-order valence-electron chi connectivity index (χ4n) is 1.51. The van der Waals surface area contributed by atoms with Crippen molar-refractivity contribution >= 4 is 35.4 Å². The van der Waals surface area contributed by atoms with Crippen molar-refractivity contribution in [1.29, 1.82) is 0 Å². The van der Waals surface area contributed by atoms with Crippen LogP contribution in [0.3, 0.4) is 0 Å². The molecule has 1 fully saturated rings. The Labute approximate surface area is 102 Å². The number of halogens is 1. The molecule has 1 atom stereocenters. The maximum Gasteiger partial charge on any atom is 0.325 e. The number of amides is 5. The van der Waals surface area contributed by atoms with Gasteiger partial charge in [0.15, 0.2) is 0 Å². The molecule has 1 aliphatic heterocycles. The van der Waals surface area contributed by atoms with Gasteiger partial charge in [0.05, 0.1) is 0 Å². The lowest BCUT2D eigenvalue weighted by Gasteiger charge is -2.32. The Morgan fingerprint density at radius 3 is 2.71 bits per heavy atom. The van der Waals surface area contributed by atoms with Gasteiger partial charge in [0.25, 0.3) is 0 Å². The van der Waals surface area contributed by atoms with Gasteiger partial charge in [0.1, 0.15) is 18.5 Å². The molecule has 0 aromatic carbocycles. The van der Waals surface area contributed by atoms with Gasteiger partial charge < -0.3 is 4.90 Å². The number of urea groups is 1. The summed E-state index contributed by atoms with van der Waals surface area (Å²) in [5.74, 6) is -2.16. The summed E-state index contributed by atoms with van der Waals surface area (Å²) in [7, 11) is 0. The molecular formula is C9H12ClN3O4. The van der Waals surface area contributed by atoms with E-state index in [0.29, 0.717) is 6.42 Å². The summed E-state index contributed by atoms with van der Waals surface area (Å²) < 4.78 is 0. The van der Waals surface area contributed by atoms with Crippen LogP contribution in [0.25, 0.3) is 0 Å². The molecule has 0 saturated carbocycles. The number of hydrogen-bond donors (Lipinski definition) is 2. The maximum absolute atomic E-state index is 11.6. The fraction of sp³-hybridized carbons (Fsp3) is 0.556. The summed E-state index contributed by atoms with van der Waals surface area (Å²) >= 11 is 5.23. The summed E-state index contributed by atoms with van der Waals surface area (Å²) in [5.41, 5.74) is 0. The SMILES string of the molecule is CCC1C(=O)NC(=O)CN1C(=O)NC(=O)CCl. The van der Waals surface area contributed by atoms with Gasteiger partial charge in [-0.05, 0) is 6.42 Å². The highest BCUT2D eigenvalue weighted by molar-refractivity contribution is 6.28. The van der Waals surface area contributed by atoms with Gasteiger partial charge in [0.2, 0.25) is 17.7 Å². The van der Waals surface area contributed by atoms with E-state index >= 15 is 0 Å². The van der Waals surface area contributed by atoms with E-state index in [-0.39, 0.29) is 12.4 Å². The first-order chi connectivity index (χ1) is 7.99. The molecule has 7 nitrogen and oxygen atoms in total. The molecule has 17 heavy (non-hydrogen) atoms. The van der Waals surface area contributed by atoms with Crippen LogP contribution in [0.1, 0.15) is 13.3 Å². The van der Waals surface area contributed by atoms with Crippen LogP contribution < -0.4 is 10.6 Å². The zero-order valence-corrected chi connectivity index (χ0v) is 9.91. The Morgan fingerprint density at radius 1 is 1.53 bits per heavy atom. The second-order valence-electron chi connectivity index (χ2n) is 3.45. The molecule has 1 unspecified atom stereocenters. The van der Waals surface area contributed by atoms with Crippen molar-refractivity contribution in [3.63, 3.8) is 0 Å². The number of imide groups is 2. The predicted octanol–water partition coefficient (Wildman–Crippen LogP) is -0.802. The van der Waals surface area contributed by atoms with Crippen LogP contribution in [0.2, 0.25) is 0 Å². The predicted molar refractivity (Wildman–Crippen MR) is 58.2 cm³/mol. The zero-order valence-electron chi connectivity index (χ0n) is 9.16. The number of hydrogen-bond acceptors (Lipinski definition) is 4. The molecule has 94 valence electrons. The first-order valence-corrected chi connectivity index (χ1v) is 5.53. The number of piperazine rings is 1. The lowest BCUT2D eigenvalue weighted by atomic mass is 10.1. The molecular weight excluding hydrogens is 250 g/mol. The average molecular weight is 262 g/mol. The molecule has 1 saturated heterocycles. The van der Waals surface area contributed by atoms with Gasteiger partial charge in [-0.2, -0.15) is 0 Å². The van der Waals surface area contributed by atoms with Crippen molar-refractivity contribution in [1.82, 2.24) is 15.5 Å². The summed E-state index contributed by atoms with van der Waals surface area (Å²) in [5, 5.41) is 4.11. The molecule has 1 aliphatic rings. The highest BCUT2D eigenvalue weighted by Crippen LogP contribution is 2.09. The minimum Gasteiger partial charge on any atom is -0.303 e. The standard InChI is InChI=1S/C9H12ClN3O4/c1-2-5-8(16)11-7(15)4-13(5)9(17)12-6(14)3-10/h5H,2-4H2,1H3,(H,11,15,16)(H,12,14,17). The maximum atomic E-state index is 11.6. The third-order valence-corrected chi connectivity index (χ3v) is 2.51. The monoisotopic (exact) mass is 261 g/mol. The number of carbonyl (C=O) groups is 4. The number of nitrogens with one attached hydrogen (secondary N) is 2. The topological polar surface area (TPSA) is 95.6 Å². The molecule has 8 heteroatoms.